The average Bonchev–Trinajstić information content (AvgIpc) is 2.94. The molecule has 0 spiro atoms. The van der Waals surface area contributed by atoms with Crippen LogP contribution in [0.25, 0.3) is 0 Å². The zero-order valence-electron chi connectivity index (χ0n) is 11.7. The van der Waals surface area contributed by atoms with Gasteiger partial charge in [0.05, 0.1) is 4.92 Å². The van der Waals surface area contributed by atoms with Crippen molar-refractivity contribution in [2.45, 2.75) is 13.5 Å². The van der Waals surface area contributed by atoms with E-state index in [9.17, 15) is 14.9 Å². The summed E-state index contributed by atoms with van der Waals surface area (Å²) in [5.74, 6) is -0.126. The third-order valence-corrected chi connectivity index (χ3v) is 4.03. The average molecular weight is 305 g/mol. The first-order valence-electron chi connectivity index (χ1n) is 6.31. The lowest BCUT2D eigenvalue weighted by atomic mass is 10.1. The van der Waals surface area contributed by atoms with E-state index in [0.717, 1.165) is 27.5 Å². The van der Waals surface area contributed by atoms with E-state index in [1.54, 1.807) is 25.2 Å². The van der Waals surface area contributed by atoms with Crippen molar-refractivity contribution in [1.82, 2.24) is 5.32 Å². The number of amides is 1. The van der Waals surface area contributed by atoms with Gasteiger partial charge in [-0.25, -0.2) is 0 Å². The number of thiophene rings is 1. The van der Waals surface area contributed by atoms with Gasteiger partial charge in [0.25, 0.3) is 5.91 Å². The van der Waals surface area contributed by atoms with Crippen LogP contribution >= 0.6 is 11.3 Å². The fraction of sp³-hybridized carbons (Fsp3) is 0.214. The summed E-state index contributed by atoms with van der Waals surface area (Å²) in [7, 11) is 1.59. The SMILES string of the molecule is CNC(=O)c1ccc(NCc2ccc([N+](=O)[O-])s2)c(C)c1. The van der Waals surface area contributed by atoms with Gasteiger partial charge in [-0.2, -0.15) is 0 Å². The molecule has 2 aromatic rings. The first-order chi connectivity index (χ1) is 10.0. The Morgan fingerprint density at radius 1 is 1.33 bits per heavy atom. The molecule has 0 unspecified atom stereocenters. The summed E-state index contributed by atoms with van der Waals surface area (Å²) in [5.41, 5.74) is 2.45. The molecule has 6 nitrogen and oxygen atoms in total. The van der Waals surface area contributed by atoms with Gasteiger partial charge in [-0.3, -0.25) is 14.9 Å². The van der Waals surface area contributed by atoms with Crippen LogP contribution in [-0.4, -0.2) is 17.9 Å². The number of carbonyl (C=O) groups is 1. The zero-order chi connectivity index (χ0) is 15.4. The molecular weight excluding hydrogens is 290 g/mol. The summed E-state index contributed by atoms with van der Waals surface area (Å²) in [6, 6.07) is 8.62. The van der Waals surface area contributed by atoms with E-state index in [-0.39, 0.29) is 10.9 Å². The Morgan fingerprint density at radius 2 is 2.10 bits per heavy atom. The maximum Gasteiger partial charge on any atom is 0.324 e. The molecule has 2 N–H and O–H groups in total. The molecule has 0 atom stereocenters. The number of hydrogen-bond donors (Lipinski definition) is 2. The maximum atomic E-state index is 11.5. The van der Waals surface area contributed by atoms with Crippen molar-refractivity contribution >= 4 is 27.9 Å². The molecule has 0 saturated carbocycles. The van der Waals surface area contributed by atoms with Crippen LogP contribution in [0, 0.1) is 17.0 Å². The summed E-state index contributed by atoms with van der Waals surface area (Å²) in [4.78, 5) is 22.7. The van der Waals surface area contributed by atoms with Gasteiger partial charge < -0.3 is 10.6 Å². The minimum absolute atomic E-state index is 0.126. The van der Waals surface area contributed by atoms with Gasteiger partial charge in [0.15, 0.2) is 0 Å². The van der Waals surface area contributed by atoms with Crippen molar-refractivity contribution < 1.29 is 9.72 Å². The molecular formula is C14H15N3O3S. The van der Waals surface area contributed by atoms with Crippen LogP contribution in [0.2, 0.25) is 0 Å². The first kappa shape index (κ1) is 15.0. The molecule has 0 bridgehead atoms. The minimum Gasteiger partial charge on any atom is -0.380 e. The molecule has 0 fully saturated rings. The zero-order valence-corrected chi connectivity index (χ0v) is 12.5. The summed E-state index contributed by atoms with van der Waals surface area (Å²) in [6.45, 7) is 2.42. The second kappa shape index (κ2) is 6.36. The second-order valence-electron chi connectivity index (χ2n) is 4.46. The van der Waals surface area contributed by atoms with Crippen molar-refractivity contribution in [3.8, 4) is 0 Å². The van der Waals surface area contributed by atoms with E-state index >= 15 is 0 Å². The van der Waals surface area contributed by atoms with Crippen molar-refractivity contribution in [3.05, 3.63) is 56.5 Å². The number of nitrogens with one attached hydrogen (secondary N) is 2. The summed E-state index contributed by atoms with van der Waals surface area (Å²) in [6.07, 6.45) is 0. The van der Waals surface area contributed by atoms with Crippen molar-refractivity contribution in [3.63, 3.8) is 0 Å². The largest absolute Gasteiger partial charge is 0.380 e. The van der Waals surface area contributed by atoms with Crippen LogP contribution in [0.4, 0.5) is 10.7 Å². The Balaban J connectivity index is 2.06. The van der Waals surface area contributed by atoms with E-state index in [0.29, 0.717) is 12.1 Å². The van der Waals surface area contributed by atoms with E-state index in [1.807, 2.05) is 13.0 Å². The van der Waals surface area contributed by atoms with Gasteiger partial charge in [-0.15, -0.1) is 0 Å². The second-order valence-corrected chi connectivity index (χ2v) is 5.61. The molecule has 7 heteroatoms. The molecule has 110 valence electrons. The lowest BCUT2D eigenvalue weighted by Gasteiger charge is -2.10. The highest BCUT2D eigenvalue weighted by atomic mass is 32.1. The summed E-state index contributed by atoms with van der Waals surface area (Å²) < 4.78 is 0. The maximum absolute atomic E-state index is 11.5. The van der Waals surface area contributed by atoms with Gasteiger partial charge in [0, 0.05) is 35.8 Å². The van der Waals surface area contributed by atoms with Crippen LogP contribution < -0.4 is 10.6 Å². The highest BCUT2D eigenvalue weighted by Crippen LogP contribution is 2.25. The standard InChI is InChI=1S/C14H15N3O3S/c1-9-7-10(14(18)15-2)3-5-12(9)16-8-11-4-6-13(21-11)17(19)20/h3-7,16H,8H2,1-2H3,(H,15,18). The van der Waals surface area contributed by atoms with Crippen molar-refractivity contribution in [2.75, 3.05) is 12.4 Å². The van der Waals surface area contributed by atoms with Crippen LogP contribution in [0.5, 0.6) is 0 Å². The monoisotopic (exact) mass is 305 g/mol. The van der Waals surface area contributed by atoms with E-state index in [4.69, 9.17) is 0 Å². The number of carbonyl (C=O) groups excluding carboxylic acids is 1. The molecule has 0 saturated heterocycles. The normalized spacial score (nSPS) is 10.2. The van der Waals surface area contributed by atoms with Gasteiger partial charge in [0.2, 0.25) is 0 Å². The lowest BCUT2D eigenvalue weighted by molar-refractivity contribution is -0.380. The Bertz CT molecular complexity index is 682. The molecule has 1 amide bonds. The quantitative estimate of drug-likeness (QED) is 0.657. The first-order valence-corrected chi connectivity index (χ1v) is 7.12. The Labute approximate surface area is 126 Å². The molecule has 1 aromatic heterocycles. The Kier molecular flexibility index (Phi) is 4.54. The third kappa shape index (κ3) is 3.57. The molecule has 0 aliphatic heterocycles. The number of anilines is 1. The molecule has 0 aliphatic rings. The van der Waals surface area contributed by atoms with Crippen molar-refractivity contribution in [1.29, 1.82) is 0 Å². The highest BCUT2D eigenvalue weighted by molar-refractivity contribution is 7.15. The van der Waals surface area contributed by atoms with Gasteiger partial charge in [-0.1, -0.05) is 11.3 Å². The summed E-state index contributed by atoms with van der Waals surface area (Å²) in [5, 5.41) is 16.6. The van der Waals surface area contributed by atoms with Crippen LogP contribution in [0.1, 0.15) is 20.8 Å². The number of nitrogens with zero attached hydrogens (tertiary/aromatic N) is 1. The number of nitro groups is 1. The third-order valence-electron chi connectivity index (χ3n) is 3.00. The van der Waals surface area contributed by atoms with Gasteiger partial charge in [-0.05, 0) is 36.8 Å². The fourth-order valence-corrected chi connectivity index (χ4v) is 2.65. The topological polar surface area (TPSA) is 84.3 Å². The van der Waals surface area contributed by atoms with E-state index < -0.39 is 4.92 Å². The Morgan fingerprint density at radius 3 is 2.67 bits per heavy atom. The highest BCUT2D eigenvalue weighted by Gasteiger charge is 2.10. The fourth-order valence-electron chi connectivity index (χ4n) is 1.89. The number of aryl methyl sites for hydroxylation is 1. The molecule has 0 radical (unpaired) electrons. The lowest BCUT2D eigenvalue weighted by Crippen LogP contribution is -2.17. The van der Waals surface area contributed by atoms with Crippen molar-refractivity contribution in [2.24, 2.45) is 0 Å². The molecule has 1 heterocycles. The van der Waals surface area contributed by atoms with Crippen LogP contribution in [-0.2, 0) is 6.54 Å². The summed E-state index contributed by atoms with van der Waals surface area (Å²) >= 11 is 1.15. The predicted octanol–water partition coefficient (Wildman–Crippen LogP) is 2.94. The number of rotatable bonds is 5. The predicted molar refractivity (Wildman–Crippen MR) is 82.9 cm³/mol. The van der Waals surface area contributed by atoms with Gasteiger partial charge in [0.1, 0.15) is 0 Å². The molecule has 0 aliphatic carbocycles. The minimum atomic E-state index is -0.391. The van der Waals surface area contributed by atoms with Crippen LogP contribution in [0.3, 0.4) is 0 Å². The van der Waals surface area contributed by atoms with Crippen LogP contribution in [0.15, 0.2) is 30.3 Å². The van der Waals surface area contributed by atoms with E-state index in [1.165, 1.54) is 6.07 Å². The van der Waals surface area contributed by atoms with E-state index in [2.05, 4.69) is 10.6 Å². The number of benzene rings is 1. The van der Waals surface area contributed by atoms with Gasteiger partial charge >= 0.3 is 5.00 Å². The molecule has 21 heavy (non-hydrogen) atoms. The Hall–Kier alpha value is -2.41. The molecule has 2 rings (SSSR count). The number of hydrogen-bond acceptors (Lipinski definition) is 5. The smallest absolute Gasteiger partial charge is 0.324 e. The molecule has 1 aromatic carbocycles.